The van der Waals surface area contributed by atoms with Crippen molar-refractivity contribution < 1.29 is 6.22 Å². The predicted octanol–water partition coefficient (Wildman–Crippen LogP) is 2.88. The molecule has 0 aromatic heterocycles. The van der Waals surface area contributed by atoms with Gasteiger partial charge in [-0.3, -0.25) is 4.79 Å². The number of hydrogen-bond donors (Lipinski definition) is 1. The Labute approximate surface area is 87.8 Å². The van der Waals surface area contributed by atoms with Gasteiger partial charge in [0, 0.05) is 14.0 Å². The van der Waals surface area contributed by atoms with E-state index in [9.17, 15) is 4.79 Å². The molecule has 14 heavy (non-hydrogen) atoms. The van der Waals surface area contributed by atoms with E-state index in [-0.39, 0.29) is 7.33 Å². The van der Waals surface area contributed by atoms with Crippen LogP contribution in [0.25, 0.3) is 0 Å². The SMILES string of the molecule is CC.CCc1ccc(C(=O)NC)cc1.[HH]. The first-order chi connectivity index (χ1) is 6.77. The van der Waals surface area contributed by atoms with Gasteiger partial charge in [0.1, 0.15) is 0 Å². The van der Waals surface area contributed by atoms with Gasteiger partial charge in [0.25, 0.3) is 5.91 Å². The van der Waals surface area contributed by atoms with Gasteiger partial charge in [-0.1, -0.05) is 32.9 Å². The zero-order valence-corrected chi connectivity index (χ0v) is 9.42. The highest BCUT2D eigenvalue weighted by Gasteiger charge is 2.00. The van der Waals surface area contributed by atoms with Crippen LogP contribution in [0.3, 0.4) is 0 Å². The summed E-state index contributed by atoms with van der Waals surface area (Å²) >= 11 is 0. The van der Waals surface area contributed by atoms with Crippen LogP contribution in [0.2, 0.25) is 0 Å². The second-order valence-electron chi connectivity index (χ2n) is 2.63. The first-order valence-corrected chi connectivity index (χ1v) is 5.09. The first kappa shape index (κ1) is 12.7. The molecule has 1 aromatic carbocycles. The highest BCUT2D eigenvalue weighted by atomic mass is 16.1. The number of benzene rings is 1. The van der Waals surface area contributed by atoms with E-state index in [2.05, 4.69) is 12.2 Å². The standard InChI is InChI=1S/C10H13NO.C2H6.H2/c1-3-8-4-6-9(7-5-8)10(12)11-2;1-2;/h4-7H,3H2,1-2H3,(H,11,12);1-2H3;1H. The van der Waals surface area contributed by atoms with Crippen molar-refractivity contribution in [3.8, 4) is 0 Å². The van der Waals surface area contributed by atoms with Crippen molar-refractivity contribution in [2.24, 2.45) is 0 Å². The molecule has 1 aromatic rings. The molecule has 2 nitrogen and oxygen atoms in total. The third-order valence-corrected chi connectivity index (χ3v) is 1.85. The largest absolute Gasteiger partial charge is 0.355 e. The Bertz CT molecular complexity index is 269. The zero-order valence-electron chi connectivity index (χ0n) is 9.42. The molecule has 1 amide bonds. The highest BCUT2D eigenvalue weighted by Crippen LogP contribution is 2.04. The summed E-state index contributed by atoms with van der Waals surface area (Å²) in [7, 11) is 1.63. The summed E-state index contributed by atoms with van der Waals surface area (Å²) in [6.45, 7) is 6.09. The normalized spacial score (nSPS) is 8.57. The minimum Gasteiger partial charge on any atom is -0.355 e. The van der Waals surface area contributed by atoms with Crippen LogP contribution < -0.4 is 5.32 Å². The van der Waals surface area contributed by atoms with Crippen LogP contribution in [0.15, 0.2) is 24.3 Å². The number of aryl methyl sites for hydroxylation is 1. The lowest BCUT2D eigenvalue weighted by Gasteiger charge is -2.00. The van der Waals surface area contributed by atoms with Gasteiger partial charge in [0.2, 0.25) is 0 Å². The maximum absolute atomic E-state index is 11.1. The minimum absolute atomic E-state index is 0. The Kier molecular flexibility index (Phi) is 6.46. The topological polar surface area (TPSA) is 29.1 Å². The average Bonchev–Trinajstić information content (AvgIpc) is 2.31. The van der Waals surface area contributed by atoms with Crippen molar-refractivity contribution in [1.82, 2.24) is 5.32 Å². The lowest BCUT2D eigenvalue weighted by molar-refractivity contribution is 0.0963. The Morgan fingerprint density at radius 2 is 1.79 bits per heavy atom. The van der Waals surface area contributed by atoms with Gasteiger partial charge in [-0.15, -0.1) is 0 Å². The van der Waals surface area contributed by atoms with Crippen LogP contribution in [0.5, 0.6) is 0 Å². The molecule has 0 spiro atoms. The number of amides is 1. The Balaban J connectivity index is 0. The van der Waals surface area contributed by atoms with E-state index >= 15 is 0 Å². The van der Waals surface area contributed by atoms with Crippen LogP contribution in [0.4, 0.5) is 0 Å². The molecule has 0 aliphatic heterocycles. The monoisotopic (exact) mass is 195 g/mol. The van der Waals surface area contributed by atoms with Gasteiger partial charge in [0.15, 0.2) is 0 Å². The maximum atomic E-state index is 11.1. The summed E-state index contributed by atoms with van der Waals surface area (Å²) in [5.41, 5.74) is 1.97. The van der Waals surface area contributed by atoms with E-state index in [0.29, 0.717) is 0 Å². The van der Waals surface area contributed by atoms with Crippen LogP contribution in [-0.2, 0) is 6.42 Å². The summed E-state index contributed by atoms with van der Waals surface area (Å²) in [6.07, 6.45) is 1.01. The lowest BCUT2D eigenvalue weighted by atomic mass is 10.1. The molecule has 80 valence electrons. The smallest absolute Gasteiger partial charge is 0.251 e. The van der Waals surface area contributed by atoms with Crippen LogP contribution in [0.1, 0.15) is 38.1 Å². The molecular formula is C12H21NO. The third kappa shape index (κ3) is 3.60. The van der Waals surface area contributed by atoms with Crippen LogP contribution in [-0.4, -0.2) is 13.0 Å². The van der Waals surface area contributed by atoms with Gasteiger partial charge in [-0.2, -0.15) is 0 Å². The van der Waals surface area contributed by atoms with Crippen molar-refractivity contribution in [3.05, 3.63) is 35.4 Å². The fraction of sp³-hybridized carbons (Fsp3) is 0.417. The quantitative estimate of drug-likeness (QED) is 0.772. The number of carbonyl (C=O) groups excluding carboxylic acids is 1. The van der Waals surface area contributed by atoms with E-state index in [0.717, 1.165) is 12.0 Å². The summed E-state index contributed by atoms with van der Waals surface area (Å²) in [6, 6.07) is 7.64. The van der Waals surface area contributed by atoms with Crippen LogP contribution in [0, 0.1) is 0 Å². The molecule has 0 atom stereocenters. The Morgan fingerprint density at radius 1 is 1.29 bits per heavy atom. The molecule has 2 heteroatoms. The molecule has 1 rings (SSSR count). The molecule has 0 aliphatic carbocycles. The van der Waals surface area contributed by atoms with E-state index in [4.69, 9.17) is 0 Å². The summed E-state index contributed by atoms with van der Waals surface area (Å²) < 4.78 is 0. The number of nitrogens with one attached hydrogen (secondary N) is 1. The van der Waals surface area contributed by atoms with Gasteiger partial charge in [-0.25, -0.2) is 0 Å². The van der Waals surface area contributed by atoms with Gasteiger partial charge in [-0.05, 0) is 24.1 Å². The van der Waals surface area contributed by atoms with Crippen LogP contribution >= 0.6 is 0 Å². The van der Waals surface area contributed by atoms with E-state index in [1.165, 1.54) is 5.56 Å². The second-order valence-corrected chi connectivity index (χ2v) is 2.63. The molecule has 0 saturated carbocycles. The summed E-state index contributed by atoms with van der Waals surface area (Å²) in [5, 5.41) is 2.58. The number of hydrogen-bond acceptors (Lipinski definition) is 1. The van der Waals surface area contributed by atoms with Gasteiger partial charge in [0.05, 0.1) is 0 Å². The molecule has 0 radical (unpaired) electrons. The summed E-state index contributed by atoms with van der Waals surface area (Å²) in [4.78, 5) is 11.1. The zero-order chi connectivity index (χ0) is 11.0. The molecule has 0 saturated heterocycles. The van der Waals surface area contributed by atoms with Crippen molar-refractivity contribution >= 4 is 5.91 Å². The molecule has 1 N–H and O–H groups in total. The Morgan fingerprint density at radius 3 is 2.14 bits per heavy atom. The van der Waals surface area contributed by atoms with E-state index in [1.54, 1.807) is 7.05 Å². The van der Waals surface area contributed by atoms with Crippen molar-refractivity contribution in [2.45, 2.75) is 27.2 Å². The lowest BCUT2D eigenvalue weighted by Crippen LogP contribution is -2.17. The predicted molar refractivity (Wildman–Crippen MR) is 62.7 cm³/mol. The fourth-order valence-corrected chi connectivity index (χ4v) is 1.04. The summed E-state index contributed by atoms with van der Waals surface area (Å²) in [5.74, 6) is -0.0300. The van der Waals surface area contributed by atoms with Crippen molar-refractivity contribution in [3.63, 3.8) is 0 Å². The second kappa shape index (κ2) is 7.13. The molecular weight excluding hydrogens is 174 g/mol. The fourth-order valence-electron chi connectivity index (χ4n) is 1.04. The molecule has 0 unspecified atom stereocenters. The maximum Gasteiger partial charge on any atom is 0.251 e. The van der Waals surface area contributed by atoms with Crippen molar-refractivity contribution in [2.75, 3.05) is 7.05 Å². The van der Waals surface area contributed by atoms with Gasteiger partial charge < -0.3 is 5.32 Å². The van der Waals surface area contributed by atoms with Crippen molar-refractivity contribution in [1.29, 1.82) is 0 Å². The first-order valence-electron chi connectivity index (χ1n) is 5.09. The average molecular weight is 195 g/mol. The molecule has 0 aliphatic rings. The van der Waals surface area contributed by atoms with Gasteiger partial charge >= 0.3 is 0 Å². The van der Waals surface area contributed by atoms with E-state index in [1.807, 2.05) is 38.1 Å². The minimum atomic E-state index is -0.0300. The third-order valence-electron chi connectivity index (χ3n) is 1.85. The number of rotatable bonds is 2. The highest BCUT2D eigenvalue weighted by molar-refractivity contribution is 5.93. The Hall–Kier alpha value is -1.31. The number of carbonyl (C=O) groups is 1. The molecule has 0 bridgehead atoms. The molecule has 0 fully saturated rings. The molecule has 0 heterocycles. The van der Waals surface area contributed by atoms with E-state index < -0.39 is 0 Å².